The van der Waals surface area contributed by atoms with Gasteiger partial charge in [0.15, 0.2) is 0 Å². The number of benzene rings is 3. The van der Waals surface area contributed by atoms with E-state index in [0.717, 1.165) is 15.9 Å². The van der Waals surface area contributed by atoms with Crippen LogP contribution in [0.2, 0.25) is 0 Å². The van der Waals surface area contributed by atoms with E-state index < -0.39 is 24.1 Å². The number of amides is 1. The van der Waals surface area contributed by atoms with Crippen molar-refractivity contribution in [3.63, 3.8) is 0 Å². The van der Waals surface area contributed by atoms with E-state index in [1.165, 1.54) is 12.1 Å². The molecule has 154 valence electrons. The first-order valence-corrected chi connectivity index (χ1v) is 9.99. The normalized spacial score (nSPS) is 13.1. The summed E-state index contributed by atoms with van der Waals surface area (Å²) >= 11 is 3.34. The minimum Gasteiger partial charge on any atom is -0.507 e. The Hall–Kier alpha value is -3.32. The summed E-state index contributed by atoms with van der Waals surface area (Å²) < 4.78 is 6.60. The number of carboxylic acid groups (broad SMARTS) is 1. The van der Waals surface area contributed by atoms with Gasteiger partial charge in [0.05, 0.1) is 0 Å². The number of aliphatic carboxylic acids is 1. The predicted molar refractivity (Wildman–Crippen MR) is 119 cm³/mol. The molecular formula is C23H20BrNO5. The molecule has 7 heteroatoms. The van der Waals surface area contributed by atoms with Crippen LogP contribution in [0.3, 0.4) is 0 Å². The second-order valence-corrected chi connectivity index (χ2v) is 7.65. The molecule has 0 aliphatic carbocycles. The minimum absolute atomic E-state index is 0.112. The Kier molecular flexibility index (Phi) is 6.74. The van der Waals surface area contributed by atoms with E-state index in [-0.39, 0.29) is 5.75 Å². The molecule has 0 saturated carbocycles. The second kappa shape index (κ2) is 9.45. The summed E-state index contributed by atoms with van der Waals surface area (Å²) in [5.41, 5.74) is 1.23. The van der Waals surface area contributed by atoms with E-state index >= 15 is 0 Å². The summed E-state index contributed by atoms with van der Waals surface area (Å²) in [5.74, 6) is -1.42. The van der Waals surface area contributed by atoms with Gasteiger partial charge < -0.3 is 14.9 Å². The van der Waals surface area contributed by atoms with Gasteiger partial charge in [-0.05, 0) is 35.7 Å². The zero-order valence-corrected chi connectivity index (χ0v) is 17.7. The number of rotatable bonds is 6. The fourth-order valence-corrected chi connectivity index (χ4v) is 3.40. The number of phenolic OH excluding ortho intramolecular Hbond substituents is 1. The molecule has 0 fully saturated rings. The molecule has 3 aromatic rings. The van der Waals surface area contributed by atoms with Gasteiger partial charge in [0.25, 0.3) is 0 Å². The molecule has 0 spiro atoms. The highest BCUT2D eigenvalue weighted by molar-refractivity contribution is 9.10. The Morgan fingerprint density at radius 3 is 2.37 bits per heavy atom. The fraction of sp³-hybridized carbons (Fsp3) is 0.130. The van der Waals surface area contributed by atoms with Gasteiger partial charge in [-0.15, -0.1) is 0 Å². The lowest BCUT2D eigenvalue weighted by Crippen LogP contribution is -2.21. The van der Waals surface area contributed by atoms with Crippen molar-refractivity contribution in [2.45, 2.75) is 13.0 Å². The van der Waals surface area contributed by atoms with Crippen LogP contribution in [0.15, 0.2) is 77.3 Å². The SMILES string of the molecule is C[C@@H](/C=C/C(=O)O)[C@H](OC(=O)Nc1ccc(Br)cc1)c1ccc(O)c2ccccc12. The van der Waals surface area contributed by atoms with Gasteiger partial charge in [0.2, 0.25) is 0 Å². The molecule has 6 nitrogen and oxygen atoms in total. The number of nitrogens with one attached hydrogen (secondary N) is 1. The van der Waals surface area contributed by atoms with E-state index in [2.05, 4.69) is 21.2 Å². The largest absolute Gasteiger partial charge is 0.507 e. The highest BCUT2D eigenvalue weighted by Crippen LogP contribution is 2.36. The molecule has 3 rings (SSSR count). The molecule has 0 unspecified atom stereocenters. The number of aromatic hydroxyl groups is 1. The third-order valence-electron chi connectivity index (χ3n) is 4.59. The highest BCUT2D eigenvalue weighted by Gasteiger charge is 2.25. The van der Waals surface area contributed by atoms with Gasteiger partial charge in [-0.25, -0.2) is 9.59 Å². The lowest BCUT2D eigenvalue weighted by Gasteiger charge is -2.24. The van der Waals surface area contributed by atoms with Crippen molar-refractivity contribution in [1.82, 2.24) is 0 Å². The van der Waals surface area contributed by atoms with Crippen molar-refractivity contribution in [2.75, 3.05) is 5.32 Å². The summed E-state index contributed by atoms with van der Waals surface area (Å²) in [7, 11) is 0. The molecule has 0 aromatic heterocycles. The minimum atomic E-state index is -1.09. The fourth-order valence-electron chi connectivity index (χ4n) is 3.14. The zero-order valence-electron chi connectivity index (χ0n) is 16.1. The number of anilines is 1. The van der Waals surface area contributed by atoms with Crippen LogP contribution >= 0.6 is 15.9 Å². The van der Waals surface area contributed by atoms with Gasteiger partial charge in [0, 0.05) is 33.1 Å². The smallest absolute Gasteiger partial charge is 0.412 e. The van der Waals surface area contributed by atoms with Gasteiger partial charge in [-0.2, -0.15) is 0 Å². The number of hydrogen-bond donors (Lipinski definition) is 3. The van der Waals surface area contributed by atoms with Crippen molar-refractivity contribution < 1.29 is 24.5 Å². The molecule has 3 aromatic carbocycles. The Balaban J connectivity index is 1.95. The monoisotopic (exact) mass is 469 g/mol. The van der Waals surface area contributed by atoms with Crippen LogP contribution < -0.4 is 5.32 Å². The van der Waals surface area contributed by atoms with Crippen molar-refractivity contribution in [3.05, 3.63) is 82.9 Å². The maximum Gasteiger partial charge on any atom is 0.412 e. The first-order chi connectivity index (χ1) is 14.3. The topological polar surface area (TPSA) is 95.9 Å². The molecule has 1 amide bonds. The van der Waals surface area contributed by atoms with Gasteiger partial charge in [0.1, 0.15) is 11.9 Å². The van der Waals surface area contributed by atoms with E-state index in [1.807, 2.05) is 12.1 Å². The number of carbonyl (C=O) groups is 2. The number of halogens is 1. The lowest BCUT2D eigenvalue weighted by atomic mass is 9.92. The maximum absolute atomic E-state index is 12.6. The zero-order chi connectivity index (χ0) is 21.7. The number of phenols is 1. The summed E-state index contributed by atoms with van der Waals surface area (Å²) in [6.45, 7) is 1.76. The molecule has 0 aliphatic heterocycles. The van der Waals surface area contributed by atoms with E-state index in [9.17, 15) is 14.7 Å². The van der Waals surface area contributed by atoms with Crippen molar-refractivity contribution in [3.8, 4) is 5.75 Å². The highest BCUT2D eigenvalue weighted by atomic mass is 79.9. The Morgan fingerprint density at radius 2 is 1.70 bits per heavy atom. The van der Waals surface area contributed by atoms with Crippen molar-refractivity contribution >= 4 is 44.5 Å². The van der Waals surface area contributed by atoms with Gasteiger partial charge in [-0.1, -0.05) is 59.3 Å². The Bertz CT molecular complexity index is 1090. The molecule has 0 aliphatic rings. The number of fused-ring (bicyclic) bond motifs is 1. The molecule has 30 heavy (non-hydrogen) atoms. The molecular weight excluding hydrogens is 450 g/mol. The molecule has 0 radical (unpaired) electrons. The van der Waals surface area contributed by atoms with E-state index in [1.54, 1.807) is 49.4 Å². The predicted octanol–water partition coefficient (Wildman–Crippen LogP) is 5.87. The van der Waals surface area contributed by atoms with Gasteiger partial charge in [-0.3, -0.25) is 5.32 Å². The molecule has 0 heterocycles. The van der Waals surface area contributed by atoms with Crippen LogP contribution in [0.1, 0.15) is 18.6 Å². The summed E-state index contributed by atoms with van der Waals surface area (Å²) in [4.78, 5) is 23.6. The molecule has 0 bridgehead atoms. The van der Waals surface area contributed by atoms with Crippen LogP contribution in [0.5, 0.6) is 5.75 Å². The first kappa shape index (κ1) is 21.4. The van der Waals surface area contributed by atoms with Crippen molar-refractivity contribution in [1.29, 1.82) is 0 Å². The van der Waals surface area contributed by atoms with Crippen LogP contribution in [0.4, 0.5) is 10.5 Å². The Morgan fingerprint density at radius 1 is 1.03 bits per heavy atom. The lowest BCUT2D eigenvalue weighted by molar-refractivity contribution is -0.131. The average molecular weight is 470 g/mol. The average Bonchev–Trinajstić information content (AvgIpc) is 2.73. The number of ether oxygens (including phenoxy) is 1. The van der Waals surface area contributed by atoms with Crippen LogP contribution in [-0.4, -0.2) is 22.3 Å². The Labute approximate surface area is 181 Å². The van der Waals surface area contributed by atoms with Crippen LogP contribution in [0.25, 0.3) is 10.8 Å². The van der Waals surface area contributed by atoms with Gasteiger partial charge >= 0.3 is 12.1 Å². The number of carbonyl (C=O) groups excluding carboxylic acids is 1. The number of carboxylic acids is 1. The van der Waals surface area contributed by atoms with E-state index in [0.29, 0.717) is 16.6 Å². The third-order valence-corrected chi connectivity index (χ3v) is 5.11. The molecule has 3 N–H and O–H groups in total. The second-order valence-electron chi connectivity index (χ2n) is 6.73. The standard InChI is InChI=1S/C23H20BrNO5/c1-14(6-13-21(27)28)22(30-23(29)25-16-9-7-15(24)8-10-16)19-11-12-20(26)18-5-3-2-4-17(18)19/h2-14,22,26H,1H3,(H,25,29)(H,27,28)/b13-6+/t14-,22-/m0/s1. The van der Waals surface area contributed by atoms with Crippen molar-refractivity contribution in [2.24, 2.45) is 5.92 Å². The number of hydrogen-bond acceptors (Lipinski definition) is 4. The third kappa shape index (κ3) is 5.18. The van der Waals surface area contributed by atoms with Crippen LogP contribution in [0, 0.1) is 5.92 Å². The molecule has 2 atom stereocenters. The van der Waals surface area contributed by atoms with E-state index in [4.69, 9.17) is 9.84 Å². The summed E-state index contributed by atoms with van der Waals surface area (Å²) in [6.07, 6.45) is 1.05. The van der Waals surface area contributed by atoms with Crippen LogP contribution in [-0.2, 0) is 9.53 Å². The summed E-state index contributed by atoms with van der Waals surface area (Å²) in [5, 5.41) is 23.2. The summed E-state index contributed by atoms with van der Waals surface area (Å²) in [6, 6.07) is 17.5. The first-order valence-electron chi connectivity index (χ1n) is 9.20. The quantitative estimate of drug-likeness (QED) is 0.392. The molecule has 0 saturated heterocycles. The maximum atomic E-state index is 12.6.